The molecule has 0 saturated carbocycles. The highest BCUT2D eigenvalue weighted by atomic mass is 127. The van der Waals surface area contributed by atoms with Crippen LogP contribution in [0.5, 0.6) is 0 Å². The molecule has 0 bridgehead atoms. The predicted octanol–water partition coefficient (Wildman–Crippen LogP) is 4.34. The molecule has 0 amide bonds. The van der Waals surface area contributed by atoms with Crippen molar-refractivity contribution < 1.29 is 13.9 Å². The summed E-state index contributed by atoms with van der Waals surface area (Å²) in [5.74, 6) is 0. The van der Waals surface area contributed by atoms with Crippen LogP contribution in [0.2, 0.25) is 18.1 Å². The van der Waals surface area contributed by atoms with Crippen molar-refractivity contribution in [3.8, 4) is 0 Å². The van der Waals surface area contributed by atoms with Crippen LogP contribution >= 0.6 is 22.6 Å². The van der Waals surface area contributed by atoms with E-state index in [0.717, 1.165) is 13.0 Å². The van der Waals surface area contributed by atoms with Gasteiger partial charge in [0.05, 0.1) is 6.10 Å². The third kappa shape index (κ3) is 7.23. The zero-order valence-electron chi connectivity index (χ0n) is 12.5. The number of rotatable bonds is 8. The van der Waals surface area contributed by atoms with Crippen LogP contribution in [-0.4, -0.2) is 34.9 Å². The van der Waals surface area contributed by atoms with E-state index in [-0.39, 0.29) is 11.1 Å². The van der Waals surface area contributed by atoms with Crippen LogP contribution in [0.15, 0.2) is 10.2 Å². The fraction of sp³-hybridized carbons (Fsp3) is 0.846. The first-order valence-electron chi connectivity index (χ1n) is 6.26. The van der Waals surface area contributed by atoms with Crippen LogP contribution in [0.1, 0.15) is 27.2 Å². The lowest BCUT2D eigenvalue weighted by molar-refractivity contribution is -0.0602. The smallest absolute Gasteiger partial charge is 0.191 e. The van der Waals surface area contributed by atoms with Crippen LogP contribution in [-0.2, 0) is 13.9 Å². The van der Waals surface area contributed by atoms with Crippen molar-refractivity contribution in [3.63, 3.8) is 0 Å². The summed E-state index contributed by atoms with van der Waals surface area (Å²) in [4.78, 5) is 0. The van der Waals surface area contributed by atoms with Crippen molar-refractivity contribution >= 4 is 30.9 Å². The van der Waals surface area contributed by atoms with E-state index >= 15 is 0 Å². The second-order valence-corrected chi connectivity index (χ2v) is 11.4. The summed E-state index contributed by atoms with van der Waals surface area (Å²) in [6.45, 7) is 12.4. The normalized spacial score (nSPS) is 15.3. The van der Waals surface area contributed by atoms with Crippen molar-refractivity contribution in [2.75, 3.05) is 20.5 Å². The van der Waals surface area contributed by atoms with Gasteiger partial charge < -0.3 is 13.9 Å². The fourth-order valence-corrected chi connectivity index (χ4v) is 2.64. The molecule has 0 radical (unpaired) electrons. The summed E-state index contributed by atoms with van der Waals surface area (Å²) in [7, 11) is -0.00285. The number of halogens is 1. The molecule has 0 fully saturated rings. The maximum Gasteiger partial charge on any atom is 0.191 e. The molecule has 0 aromatic carbocycles. The zero-order chi connectivity index (χ0) is 14.2. The maximum absolute atomic E-state index is 6.13. The average molecular weight is 386 g/mol. The third-order valence-electron chi connectivity index (χ3n) is 3.36. The molecule has 0 spiro atoms. The molecule has 5 heteroatoms. The van der Waals surface area contributed by atoms with E-state index in [2.05, 4.69) is 56.5 Å². The van der Waals surface area contributed by atoms with Gasteiger partial charge in [-0.15, -0.1) is 0 Å². The van der Waals surface area contributed by atoms with Gasteiger partial charge in [-0.05, 0) is 34.7 Å². The van der Waals surface area contributed by atoms with Crippen molar-refractivity contribution in [2.45, 2.75) is 51.4 Å². The van der Waals surface area contributed by atoms with Crippen LogP contribution in [0, 0.1) is 0 Å². The van der Waals surface area contributed by atoms with E-state index in [4.69, 9.17) is 13.9 Å². The second kappa shape index (κ2) is 8.68. The summed E-state index contributed by atoms with van der Waals surface area (Å²) in [6.07, 6.45) is 2.98. The Hall–Kier alpha value is 0.567. The third-order valence-corrected chi connectivity index (χ3v) is 8.31. The quantitative estimate of drug-likeness (QED) is 0.353. The summed E-state index contributed by atoms with van der Waals surface area (Å²) in [5.41, 5.74) is 0. The predicted molar refractivity (Wildman–Crippen MR) is 87.7 cm³/mol. The Morgan fingerprint density at radius 2 is 1.89 bits per heavy atom. The minimum atomic E-state index is -1.64. The van der Waals surface area contributed by atoms with Gasteiger partial charge in [0, 0.05) is 13.7 Å². The van der Waals surface area contributed by atoms with E-state index in [1.807, 2.05) is 10.2 Å². The molecule has 0 rings (SSSR count). The molecule has 0 aliphatic carbocycles. The van der Waals surface area contributed by atoms with Gasteiger partial charge in [-0.3, -0.25) is 0 Å². The molecule has 0 aromatic rings. The Balaban J connectivity index is 4.13. The molecule has 0 heterocycles. The van der Waals surface area contributed by atoms with Crippen LogP contribution < -0.4 is 0 Å². The molecule has 0 aliphatic heterocycles. The van der Waals surface area contributed by atoms with Crippen LogP contribution in [0.4, 0.5) is 0 Å². The Morgan fingerprint density at radius 1 is 1.28 bits per heavy atom. The van der Waals surface area contributed by atoms with Crippen molar-refractivity contribution in [1.82, 2.24) is 0 Å². The molecule has 18 heavy (non-hydrogen) atoms. The standard InChI is InChI=1S/C13H27IO3Si/c1-13(2,3)18(5,6)17-10-8-12(7-9-14)16-11-15-4/h7,9,12H,8,10-11H2,1-6H3/b9-7-. The van der Waals surface area contributed by atoms with Gasteiger partial charge in [0.2, 0.25) is 0 Å². The first-order chi connectivity index (χ1) is 8.24. The number of methoxy groups -OCH3 is 1. The zero-order valence-corrected chi connectivity index (χ0v) is 15.6. The van der Waals surface area contributed by atoms with Crippen molar-refractivity contribution in [1.29, 1.82) is 0 Å². The summed E-state index contributed by atoms with van der Waals surface area (Å²) >= 11 is 2.20. The molecular formula is C13H27IO3Si. The minimum absolute atomic E-state index is 0.0756. The van der Waals surface area contributed by atoms with Gasteiger partial charge in [0.1, 0.15) is 6.79 Å². The Kier molecular flexibility index (Phi) is 8.95. The molecule has 0 N–H and O–H groups in total. The van der Waals surface area contributed by atoms with E-state index in [9.17, 15) is 0 Å². The van der Waals surface area contributed by atoms with Crippen molar-refractivity contribution in [2.24, 2.45) is 0 Å². The lowest BCUT2D eigenvalue weighted by Gasteiger charge is -2.36. The molecule has 1 unspecified atom stereocenters. The summed E-state index contributed by atoms with van der Waals surface area (Å²) in [6, 6.07) is 0. The van der Waals surface area contributed by atoms with Gasteiger partial charge in [-0.2, -0.15) is 0 Å². The Labute approximate surface area is 127 Å². The highest BCUT2D eigenvalue weighted by molar-refractivity contribution is 14.1. The van der Waals surface area contributed by atoms with Crippen LogP contribution in [0.25, 0.3) is 0 Å². The van der Waals surface area contributed by atoms with Crippen LogP contribution in [0.3, 0.4) is 0 Å². The monoisotopic (exact) mass is 386 g/mol. The molecule has 0 aliphatic rings. The van der Waals surface area contributed by atoms with Gasteiger partial charge in [0.15, 0.2) is 8.32 Å². The lowest BCUT2D eigenvalue weighted by atomic mass is 10.2. The highest BCUT2D eigenvalue weighted by Gasteiger charge is 2.36. The Morgan fingerprint density at radius 3 is 2.33 bits per heavy atom. The van der Waals surface area contributed by atoms with Gasteiger partial charge in [-0.1, -0.05) is 43.4 Å². The summed E-state index contributed by atoms with van der Waals surface area (Å²) in [5, 5.41) is 0.259. The van der Waals surface area contributed by atoms with Crippen molar-refractivity contribution in [3.05, 3.63) is 10.2 Å². The van der Waals surface area contributed by atoms with E-state index in [1.165, 1.54) is 0 Å². The number of hydrogen-bond donors (Lipinski definition) is 0. The molecule has 1 atom stereocenters. The Bertz CT molecular complexity index is 249. The molecular weight excluding hydrogens is 359 g/mol. The largest absolute Gasteiger partial charge is 0.417 e. The molecule has 0 aromatic heterocycles. The first kappa shape index (κ1) is 18.6. The SMILES string of the molecule is COCOC(/C=C\I)CCO[Si](C)(C)C(C)(C)C. The maximum atomic E-state index is 6.13. The molecule has 3 nitrogen and oxygen atoms in total. The number of ether oxygens (including phenoxy) is 2. The second-order valence-electron chi connectivity index (χ2n) is 5.83. The lowest BCUT2D eigenvalue weighted by Crippen LogP contribution is -2.41. The topological polar surface area (TPSA) is 27.7 Å². The van der Waals surface area contributed by atoms with E-state index in [1.54, 1.807) is 7.11 Å². The molecule has 108 valence electrons. The fourth-order valence-electron chi connectivity index (χ4n) is 1.12. The minimum Gasteiger partial charge on any atom is -0.417 e. The van der Waals surface area contributed by atoms with Gasteiger partial charge >= 0.3 is 0 Å². The van der Waals surface area contributed by atoms with E-state index in [0.29, 0.717) is 6.79 Å². The van der Waals surface area contributed by atoms with Gasteiger partial charge in [0.25, 0.3) is 0 Å². The average Bonchev–Trinajstić information content (AvgIpc) is 2.24. The summed E-state index contributed by atoms with van der Waals surface area (Å²) < 4.78 is 18.6. The van der Waals surface area contributed by atoms with Gasteiger partial charge in [-0.25, -0.2) is 0 Å². The molecule has 0 saturated heterocycles. The highest BCUT2D eigenvalue weighted by Crippen LogP contribution is 2.36. The first-order valence-corrected chi connectivity index (χ1v) is 10.4. The van der Waals surface area contributed by atoms with E-state index < -0.39 is 8.32 Å². The number of hydrogen-bond acceptors (Lipinski definition) is 3.